The first-order valence-electron chi connectivity index (χ1n) is 3.34. The number of anilines is 1. The summed E-state index contributed by atoms with van der Waals surface area (Å²) in [5, 5.41) is 2.77. The number of fused-ring (bicyclic) bond motifs is 1. The maximum Gasteiger partial charge on any atom is 0.234 e. The van der Waals surface area contributed by atoms with Crippen molar-refractivity contribution in [1.29, 1.82) is 0 Å². The molecule has 0 radical (unpaired) electrons. The van der Waals surface area contributed by atoms with Crippen LogP contribution in [0.1, 0.15) is 0 Å². The predicted molar refractivity (Wildman–Crippen MR) is 51.3 cm³/mol. The molecule has 0 fully saturated rings. The molecule has 0 aliphatic carbocycles. The van der Waals surface area contributed by atoms with Gasteiger partial charge in [0.15, 0.2) is 0 Å². The molecule has 5 heteroatoms. The van der Waals surface area contributed by atoms with Crippen molar-refractivity contribution < 1.29 is 4.79 Å². The van der Waals surface area contributed by atoms with Crippen LogP contribution in [-0.2, 0) is 4.79 Å². The van der Waals surface area contributed by atoms with E-state index in [0.29, 0.717) is 5.75 Å². The predicted octanol–water partition coefficient (Wildman–Crippen LogP) is 1.89. The van der Waals surface area contributed by atoms with E-state index in [-0.39, 0.29) is 5.91 Å². The number of nitrogens with zero attached hydrogens (tertiary/aromatic N) is 1. The van der Waals surface area contributed by atoms with Gasteiger partial charge in [-0.1, -0.05) is 0 Å². The van der Waals surface area contributed by atoms with E-state index in [2.05, 4.69) is 26.2 Å². The third kappa shape index (κ3) is 1.47. The van der Waals surface area contributed by atoms with Crippen LogP contribution in [0.4, 0.5) is 5.69 Å². The minimum atomic E-state index is 0.0469. The Kier molecular flexibility index (Phi) is 2.06. The molecule has 1 aromatic rings. The molecule has 0 bridgehead atoms. The van der Waals surface area contributed by atoms with Gasteiger partial charge in [0.25, 0.3) is 0 Å². The van der Waals surface area contributed by atoms with Gasteiger partial charge in [0, 0.05) is 11.1 Å². The standard InChI is InChI=1S/C7H5BrN2OS/c8-6-1-4-5(2-9-6)12-3-7(11)10-4/h1-2H,3H2,(H,10,11). The van der Waals surface area contributed by atoms with Gasteiger partial charge in [-0.25, -0.2) is 4.98 Å². The highest BCUT2D eigenvalue weighted by atomic mass is 79.9. The van der Waals surface area contributed by atoms with Crippen LogP contribution in [0, 0.1) is 0 Å². The monoisotopic (exact) mass is 244 g/mol. The van der Waals surface area contributed by atoms with Crippen molar-refractivity contribution in [3.8, 4) is 0 Å². The second kappa shape index (κ2) is 3.06. The summed E-state index contributed by atoms with van der Waals surface area (Å²) >= 11 is 4.75. The number of carbonyl (C=O) groups excluding carboxylic acids is 1. The first-order chi connectivity index (χ1) is 5.75. The smallest absolute Gasteiger partial charge is 0.234 e. The minimum absolute atomic E-state index is 0.0469. The van der Waals surface area contributed by atoms with Gasteiger partial charge >= 0.3 is 0 Å². The Morgan fingerprint density at radius 2 is 2.50 bits per heavy atom. The number of hydrogen-bond acceptors (Lipinski definition) is 3. The normalized spacial score (nSPS) is 15.2. The molecule has 0 saturated heterocycles. The zero-order chi connectivity index (χ0) is 8.55. The van der Waals surface area contributed by atoms with E-state index in [1.165, 1.54) is 11.8 Å². The molecule has 0 saturated carbocycles. The van der Waals surface area contributed by atoms with Gasteiger partial charge in [-0.05, 0) is 22.0 Å². The fraction of sp³-hybridized carbons (Fsp3) is 0.143. The second-order valence-electron chi connectivity index (χ2n) is 2.34. The van der Waals surface area contributed by atoms with Gasteiger partial charge < -0.3 is 5.32 Å². The Morgan fingerprint density at radius 1 is 1.67 bits per heavy atom. The van der Waals surface area contributed by atoms with Crippen molar-refractivity contribution in [3.63, 3.8) is 0 Å². The van der Waals surface area contributed by atoms with Crippen molar-refractivity contribution in [3.05, 3.63) is 16.9 Å². The zero-order valence-corrected chi connectivity index (χ0v) is 8.41. The lowest BCUT2D eigenvalue weighted by molar-refractivity contribution is -0.113. The summed E-state index contributed by atoms with van der Waals surface area (Å²) in [6, 6.07) is 1.80. The Hall–Kier alpha value is -0.550. The highest BCUT2D eigenvalue weighted by Crippen LogP contribution is 2.31. The third-order valence-corrected chi connectivity index (χ3v) is 2.94. The first-order valence-corrected chi connectivity index (χ1v) is 5.12. The number of amides is 1. The molecule has 1 aromatic heterocycles. The van der Waals surface area contributed by atoms with E-state index < -0.39 is 0 Å². The number of rotatable bonds is 0. The molecule has 2 rings (SSSR count). The Balaban J connectivity index is 2.44. The Bertz CT molecular complexity index is 342. The lowest BCUT2D eigenvalue weighted by Gasteiger charge is -2.15. The summed E-state index contributed by atoms with van der Waals surface area (Å²) in [6.07, 6.45) is 1.75. The lowest BCUT2D eigenvalue weighted by atomic mass is 10.4. The molecule has 12 heavy (non-hydrogen) atoms. The summed E-state index contributed by atoms with van der Waals surface area (Å²) in [6.45, 7) is 0. The molecule has 2 heterocycles. The summed E-state index contributed by atoms with van der Waals surface area (Å²) in [5.41, 5.74) is 0.845. The molecule has 1 aliphatic heterocycles. The number of aromatic nitrogens is 1. The van der Waals surface area contributed by atoms with Crippen LogP contribution in [0.2, 0.25) is 0 Å². The SMILES string of the molecule is O=C1CSc2cnc(Br)cc2N1. The van der Waals surface area contributed by atoms with E-state index in [1.807, 2.05) is 0 Å². The summed E-state index contributed by atoms with van der Waals surface area (Å²) in [4.78, 5) is 16.1. The van der Waals surface area contributed by atoms with Gasteiger partial charge in [-0.15, -0.1) is 11.8 Å². The molecule has 0 aromatic carbocycles. The van der Waals surface area contributed by atoms with Crippen molar-refractivity contribution in [1.82, 2.24) is 4.98 Å². The average Bonchev–Trinajstić information content (AvgIpc) is 2.03. The number of halogens is 1. The van der Waals surface area contributed by atoms with E-state index in [0.717, 1.165) is 15.2 Å². The average molecular weight is 245 g/mol. The third-order valence-electron chi connectivity index (χ3n) is 1.47. The van der Waals surface area contributed by atoms with E-state index in [9.17, 15) is 4.79 Å². The summed E-state index contributed by atoms with van der Waals surface area (Å²) < 4.78 is 0.740. The van der Waals surface area contributed by atoms with Gasteiger partial charge in [0.05, 0.1) is 11.4 Å². The van der Waals surface area contributed by atoms with Crippen molar-refractivity contribution in [2.24, 2.45) is 0 Å². The number of thioether (sulfide) groups is 1. The van der Waals surface area contributed by atoms with Crippen LogP contribution in [0.15, 0.2) is 21.8 Å². The minimum Gasteiger partial charge on any atom is -0.324 e. The maximum atomic E-state index is 11.0. The largest absolute Gasteiger partial charge is 0.324 e. The van der Waals surface area contributed by atoms with Crippen molar-refractivity contribution in [2.75, 3.05) is 11.1 Å². The van der Waals surface area contributed by atoms with Crippen LogP contribution in [-0.4, -0.2) is 16.6 Å². The van der Waals surface area contributed by atoms with Crippen LogP contribution in [0.3, 0.4) is 0 Å². The van der Waals surface area contributed by atoms with Gasteiger partial charge in [0.1, 0.15) is 4.60 Å². The van der Waals surface area contributed by atoms with Crippen molar-refractivity contribution in [2.45, 2.75) is 4.90 Å². The lowest BCUT2D eigenvalue weighted by Crippen LogP contribution is -2.18. The summed E-state index contributed by atoms with van der Waals surface area (Å²) in [7, 11) is 0. The number of nitrogens with one attached hydrogen (secondary N) is 1. The van der Waals surface area contributed by atoms with Crippen LogP contribution in [0.5, 0.6) is 0 Å². The topological polar surface area (TPSA) is 42.0 Å². The molecule has 1 aliphatic rings. The van der Waals surface area contributed by atoms with Crippen LogP contribution >= 0.6 is 27.7 Å². The molecule has 0 unspecified atom stereocenters. The molecule has 3 nitrogen and oxygen atoms in total. The van der Waals surface area contributed by atoms with Crippen LogP contribution in [0.25, 0.3) is 0 Å². The highest BCUT2D eigenvalue weighted by Gasteiger charge is 2.15. The maximum absolute atomic E-state index is 11.0. The zero-order valence-electron chi connectivity index (χ0n) is 6.00. The number of hydrogen-bond donors (Lipinski definition) is 1. The number of carbonyl (C=O) groups is 1. The highest BCUT2D eigenvalue weighted by molar-refractivity contribution is 9.10. The molecule has 62 valence electrons. The molecule has 0 spiro atoms. The Morgan fingerprint density at radius 3 is 3.33 bits per heavy atom. The molecule has 1 amide bonds. The first kappa shape index (κ1) is 8.07. The van der Waals surface area contributed by atoms with E-state index in [1.54, 1.807) is 12.3 Å². The van der Waals surface area contributed by atoms with Gasteiger partial charge in [0.2, 0.25) is 5.91 Å². The molecule has 0 atom stereocenters. The van der Waals surface area contributed by atoms with E-state index in [4.69, 9.17) is 0 Å². The van der Waals surface area contributed by atoms with E-state index >= 15 is 0 Å². The Labute approximate surface area is 82.1 Å². The molecular formula is C7H5BrN2OS. The molecule has 1 N–H and O–H groups in total. The fourth-order valence-corrected chi connectivity index (χ4v) is 2.04. The number of pyridine rings is 1. The van der Waals surface area contributed by atoms with Gasteiger partial charge in [-0.2, -0.15) is 0 Å². The second-order valence-corrected chi connectivity index (χ2v) is 4.17. The van der Waals surface area contributed by atoms with Gasteiger partial charge in [-0.3, -0.25) is 4.79 Å². The molecular weight excluding hydrogens is 240 g/mol. The fourth-order valence-electron chi connectivity index (χ4n) is 0.960. The summed E-state index contributed by atoms with van der Waals surface area (Å²) in [5.74, 6) is 0.529. The van der Waals surface area contributed by atoms with Crippen molar-refractivity contribution >= 4 is 39.3 Å². The quantitative estimate of drug-likeness (QED) is 0.709. The van der Waals surface area contributed by atoms with Crippen LogP contribution < -0.4 is 5.32 Å².